The van der Waals surface area contributed by atoms with Gasteiger partial charge in [-0.2, -0.15) is 4.31 Å². The standard InChI is InChI=1S/C16H21FN4O4S/c1-12(15(22)21-7-6-18-16(21)23)19-8-10-20(11-9-19)26(24,25)14-4-2-13(17)3-5-14/h2-5,12H,6-11H2,1H3,(H,18,23)/p+1/t12-/m1/s1. The molecule has 2 heterocycles. The van der Waals surface area contributed by atoms with Gasteiger partial charge in [0.1, 0.15) is 5.82 Å². The van der Waals surface area contributed by atoms with Crippen LogP contribution in [0.25, 0.3) is 0 Å². The average Bonchev–Trinajstić information content (AvgIpc) is 3.07. The van der Waals surface area contributed by atoms with Gasteiger partial charge in [0.2, 0.25) is 10.0 Å². The van der Waals surface area contributed by atoms with Crippen molar-refractivity contribution in [1.82, 2.24) is 14.5 Å². The number of halogens is 1. The number of urea groups is 1. The normalized spacial score (nSPS) is 20.8. The largest absolute Gasteiger partial charge is 0.336 e. The van der Waals surface area contributed by atoms with Crippen LogP contribution in [-0.4, -0.2) is 74.9 Å². The van der Waals surface area contributed by atoms with E-state index < -0.39 is 21.9 Å². The van der Waals surface area contributed by atoms with E-state index >= 15 is 0 Å². The molecule has 10 heteroatoms. The van der Waals surface area contributed by atoms with Crippen LogP contribution in [0.5, 0.6) is 0 Å². The molecule has 1 atom stereocenters. The van der Waals surface area contributed by atoms with Crippen molar-refractivity contribution in [3.05, 3.63) is 30.1 Å². The number of imide groups is 1. The van der Waals surface area contributed by atoms with Gasteiger partial charge < -0.3 is 10.2 Å². The fraction of sp³-hybridized carbons (Fsp3) is 0.500. The van der Waals surface area contributed by atoms with Crippen LogP contribution >= 0.6 is 0 Å². The second-order valence-electron chi connectivity index (χ2n) is 6.46. The van der Waals surface area contributed by atoms with E-state index in [-0.39, 0.29) is 29.9 Å². The number of carbonyl (C=O) groups is 2. The molecule has 2 aliphatic rings. The van der Waals surface area contributed by atoms with Gasteiger partial charge in [-0.05, 0) is 31.2 Å². The number of hydrogen-bond acceptors (Lipinski definition) is 4. The van der Waals surface area contributed by atoms with Crippen LogP contribution in [0.15, 0.2) is 29.2 Å². The SMILES string of the molecule is C[C@H](C(=O)N1CCNC1=O)[NH+]1CCN(S(=O)(=O)c2ccc(F)cc2)CC1. The molecule has 0 aliphatic carbocycles. The van der Waals surface area contributed by atoms with E-state index in [0.29, 0.717) is 26.2 Å². The Hall–Kier alpha value is -2.04. The second-order valence-corrected chi connectivity index (χ2v) is 8.40. The molecule has 0 unspecified atom stereocenters. The van der Waals surface area contributed by atoms with Gasteiger partial charge in [0.05, 0.1) is 31.1 Å². The van der Waals surface area contributed by atoms with Crippen molar-refractivity contribution in [2.75, 3.05) is 39.3 Å². The number of hydrogen-bond donors (Lipinski definition) is 2. The summed E-state index contributed by atoms with van der Waals surface area (Å²) in [6, 6.07) is 3.95. The lowest BCUT2D eigenvalue weighted by molar-refractivity contribution is -0.917. The lowest BCUT2D eigenvalue weighted by Gasteiger charge is -2.34. The molecule has 26 heavy (non-hydrogen) atoms. The summed E-state index contributed by atoms with van der Waals surface area (Å²) in [6.45, 7) is 4.02. The molecule has 2 aliphatic heterocycles. The van der Waals surface area contributed by atoms with Gasteiger partial charge in [-0.25, -0.2) is 17.6 Å². The molecule has 3 amide bonds. The van der Waals surface area contributed by atoms with E-state index in [1.54, 1.807) is 6.92 Å². The van der Waals surface area contributed by atoms with Crippen molar-refractivity contribution in [3.63, 3.8) is 0 Å². The molecule has 1 aromatic carbocycles. The third kappa shape index (κ3) is 3.57. The molecule has 2 N–H and O–H groups in total. The molecule has 8 nitrogen and oxygen atoms in total. The zero-order valence-electron chi connectivity index (χ0n) is 14.4. The van der Waals surface area contributed by atoms with Crippen molar-refractivity contribution in [2.45, 2.75) is 17.9 Å². The zero-order valence-corrected chi connectivity index (χ0v) is 15.3. The number of sulfonamides is 1. The zero-order chi connectivity index (χ0) is 18.9. The Kier molecular flexibility index (Phi) is 5.26. The van der Waals surface area contributed by atoms with E-state index in [2.05, 4.69) is 5.32 Å². The molecular weight excluding hydrogens is 363 g/mol. The van der Waals surface area contributed by atoms with E-state index in [4.69, 9.17) is 0 Å². The fourth-order valence-electron chi connectivity index (χ4n) is 3.29. The molecule has 1 aromatic rings. The van der Waals surface area contributed by atoms with Crippen LogP contribution in [0.1, 0.15) is 6.92 Å². The summed E-state index contributed by atoms with van der Waals surface area (Å²) in [6.07, 6.45) is 0. The second kappa shape index (κ2) is 7.29. The lowest BCUT2D eigenvalue weighted by atomic mass is 10.2. The minimum Gasteiger partial charge on any atom is -0.336 e. The molecule has 3 rings (SSSR count). The monoisotopic (exact) mass is 385 g/mol. The number of amides is 3. The predicted octanol–water partition coefficient (Wildman–Crippen LogP) is -1.34. The summed E-state index contributed by atoms with van der Waals surface area (Å²) in [5.41, 5.74) is 0. The maximum absolute atomic E-state index is 13.0. The summed E-state index contributed by atoms with van der Waals surface area (Å²) >= 11 is 0. The van der Waals surface area contributed by atoms with E-state index in [9.17, 15) is 22.4 Å². The summed E-state index contributed by atoms with van der Waals surface area (Å²) < 4.78 is 39.6. The maximum atomic E-state index is 13.0. The number of rotatable bonds is 4. The summed E-state index contributed by atoms with van der Waals surface area (Å²) in [5.74, 6) is -0.735. The quantitative estimate of drug-likeness (QED) is 0.671. The molecule has 0 bridgehead atoms. The lowest BCUT2D eigenvalue weighted by Crippen LogP contribution is -3.19. The van der Waals surface area contributed by atoms with E-state index in [1.807, 2.05) is 0 Å². The van der Waals surface area contributed by atoms with Crippen molar-refractivity contribution in [3.8, 4) is 0 Å². The van der Waals surface area contributed by atoms with Gasteiger partial charge in [-0.3, -0.25) is 9.69 Å². The Morgan fingerprint density at radius 1 is 1.19 bits per heavy atom. The Balaban J connectivity index is 1.62. The average molecular weight is 385 g/mol. The maximum Gasteiger partial charge on any atom is 0.324 e. The molecule has 2 saturated heterocycles. The summed E-state index contributed by atoms with van der Waals surface area (Å²) in [5, 5.41) is 2.60. The molecule has 0 spiro atoms. The van der Waals surface area contributed by atoms with Gasteiger partial charge in [0.25, 0.3) is 5.91 Å². The summed E-state index contributed by atoms with van der Waals surface area (Å²) in [4.78, 5) is 26.3. The van der Waals surface area contributed by atoms with Crippen molar-refractivity contribution in [1.29, 1.82) is 0 Å². The Morgan fingerprint density at radius 2 is 1.81 bits per heavy atom. The van der Waals surface area contributed by atoms with Gasteiger partial charge in [0.15, 0.2) is 6.04 Å². The smallest absolute Gasteiger partial charge is 0.324 e. The highest BCUT2D eigenvalue weighted by Crippen LogP contribution is 2.16. The molecule has 0 radical (unpaired) electrons. The fourth-order valence-corrected chi connectivity index (χ4v) is 4.73. The van der Waals surface area contributed by atoms with Crippen LogP contribution in [0.4, 0.5) is 9.18 Å². The third-order valence-corrected chi connectivity index (χ3v) is 6.83. The van der Waals surface area contributed by atoms with E-state index in [1.165, 1.54) is 21.3 Å². The summed E-state index contributed by atoms with van der Waals surface area (Å²) in [7, 11) is -3.68. The van der Waals surface area contributed by atoms with Crippen LogP contribution in [0.3, 0.4) is 0 Å². The van der Waals surface area contributed by atoms with Crippen LogP contribution in [-0.2, 0) is 14.8 Å². The van der Waals surface area contributed by atoms with Crippen molar-refractivity contribution >= 4 is 22.0 Å². The first-order chi connectivity index (χ1) is 12.3. The van der Waals surface area contributed by atoms with Gasteiger partial charge in [0, 0.05) is 13.1 Å². The predicted molar refractivity (Wildman–Crippen MR) is 90.4 cm³/mol. The van der Waals surface area contributed by atoms with Gasteiger partial charge >= 0.3 is 6.03 Å². The van der Waals surface area contributed by atoms with E-state index in [0.717, 1.165) is 17.0 Å². The van der Waals surface area contributed by atoms with Crippen LogP contribution in [0.2, 0.25) is 0 Å². The third-order valence-electron chi connectivity index (χ3n) is 4.92. The van der Waals surface area contributed by atoms with Gasteiger partial charge in [-0.1, -0.05) is 0 Å². The highest BCUT2D eigenvalue weighted by atomic mass is 32.2. The van der Waals surface area contributed by atoms with Gasteiger partial charge in [-0.15, -0.1) is 0 Å². The number of nitrogens with zero attached hydrogens (tertiary/aromatic N) is 2. The number of benzene rings is 1. The number of quaternary nitrogens is 1. The van der Waals surface area contributed by atoms with Crippen LogP contribution in [0, 0.1) is 5.82 Å². The number of piperazine rings is 1. The first-order valence-corrected chi connectivity index (χ1v) is 9.94. The Labute approximate surface area is 151 Å². The first kappa shape index (κ1) is 18.7. The minimum atomic E-state index is -3.68. The highest BCUT2D eigenvalue weighted by Gasteiger charge is 2.38. The highest BCUT2D eigenvalue weighted by molar-refractivity contribution is 7.89. The molecular formula is C16H22FN4O4S+. The molecule has 2 fully saturated rings. The van der Waals surface area contributed by atoms with Crippen LogP contribution < -0.4 is 10.2 Å². The molecule has 0 aromatic heterocycles. The number of nitrogens with one attached hydrogen (secondary N) is 2. The minimum absolute atomic E-state index is 0.0558. The Bertz CT molecular complexity index is 791. The first-order valence-electron chi connectivity index (χ1n) is 8.50. The molecule has 0 saturated carbocycles. The Morgan fingerprint density at radius 3 is 2.35 bits per heavy atom. The molecule has 142 valence electrons. The number of carbonyl (C=O) groups excluding carboxylic acids is 2. The topological polar surface area (TPSA) is 91.2 Å². The van der Waals surface area contributed by atoms with Crippen molar-refractivity contribution in [2.24, 2.45) is 0 Å². The van der Waals surface area contributed by atoms with Crippen molar-refractivity contribution < 1.29 is 27.3 Å².